The molecule has 1 aromatic heterocycles. The van der Waals surface area contributed by atoms with Crippen molar-refractivity contribution in [1.29, 1.82) is 0 Å². The van der Waals surface area contributed by atoms with Gasteiger partial charge in [0.05, 0.1) is 7.11 Å². The average Bonchev–Trinajstić information content (AvgIpc) is 2.48. The van der Waals surface area contributed by atoms with Crippen LogP contribution in [0.15, 0.2) is 0 Å². The number of anilines is 1. The molecule has 0 bridgehead atoms. The van der Waals surface area contributed by atoms with E-state index in [1.165, 1.54) is 11.8 Å². The highest BCUT2D eigenvalue weighted by Crippen LogP contribution is 2.08. The predicted molar refractivity (Wildman–Crippen MR) is 46.1 cm³/mol. The number of hydrogen-bond donors (Lipinski definition) is 1. The molecule has 13 heavy (non-hydrogen) atoms. The van der Waals surface area contributed by atoms with Crippen LogP contribution in [0.25, 0.3) is 0 Å². The number of esters is 1. The summed E-state index contributed by atoms with van der Waals surface area (Å²) in [6.07, 6.45) is 0.883. The van der Waals surface area contributed by atoms with E-state index in [1.54, 1.807) is 0 Å². The Balaban J connectivity index is 2.92. The summed E-state index contributed by atoms with van der Waals surface area (Å²) < 4.78 is 5.95. The SMILES string of the molecule is CCCn1nnc(C(=O)OC)c1N. The third-order valence-corrected chi connectivity index (χ3v) is 1.59. The zero-order chi connectivity index (χ0) is 9.84. The minimum atomic E-state index is -0.556. The monoisotopic (exact) mass is 184 g/mol. The van der Waals surface area contributed by atoms with Gasteiger partial charge in [-0.2, -0.15) is 0 Å². The third-order valence-electron chi connectivity index (χ3n) is 1.59. The van der Waals surface area contributed by atoms with Gasteiger partial charge in [-0.3, -0.25) is 0 Å². The summed E-state index contributed by atoms with van der Waals surface area (Å²) in [7, 11) is 1.28. The number of nitrogens with two attached hydrogens (primary N) is 1. The largest absolute Gasteiger partial charge is 0.464 e. The molecule has 0 spiro atoms. The minimum absolute atomic E-state index is 0.0796. The molecule has 2 N–H and O–H groups in total. The van der Waals surface area contributed by atoms with Gasteiger partial charge in [-0.1, -0.05) is 12.1 Å². The molecule has 6 nitrogen and oxygen atoms in total. The van der Waals surface area contributed by atoms with Gasteiger partial charge in [0.2, 0.25) is 5.69 Å². The summed E-state index contributed by atoms with van der Waals surface area (Å²) in [5.74, 6) is -0.298. The van der Waals surface area contributed by atoms with Gasteiger partial charge < -0.3 is 10.5 Å². The lowest BCUT2D eigenvalue weighted by Gasteiger charge is -1.99. The second-order valence-electron chi connectivity index (χ2n) is 2.54. The number of aromatic nitrogens is 3. The maximum atomic E-state index is 11.0. The Labute approximate surface area is 75.7 Å². The van der Waals surface area contributed by atoms with Gasteiger partial charge in [-0.05, 0) is 6.42 Å². The fourth-order valence-electron chi connectivity index (χ4n) is 0.939. The van der Waals surface area contributed by atoms with Crippen molar-refractivity contribution in [1.82, 2.24) is 15.0 Å². The fourth-order valence-corrected chi connectivity index (χ4v) is 0.939. The number of methoxy groups -OCH3 is 1. The summed E-state index contributed by atoms with van der Waals surface area (Å²) in [6.45, 7) is 2.63. The van der Waals surface area contributed by atoms with E-state index in [-0.39, 0.29) is 11.5 Å². The summed E-state index contributed by atoms with van der Waals surface area (Å²) in [6, 6.07) is 0. The number of nitrogen functional groups attached to an aromatic ring is 1. The maximum absolute atomic E-state index is 11.0. The van der Waals surface area contributed by atoms with Crippen LogP contribution >= 0.6 is 0 Å². The third kappa shape index (κ3) is 1.77. The predicted octanol–water partition coefficient (Wildman–Crippen LogP) is 0.0569. The number of aryl methyl sites for hydroxylation is 1. The van der Waals surface area contributed by atoms with Crippen molar-refractivity contribution < 1.29 is 9.53 Å². The topological polar surface area (TPSA) is 83.0 Å². The molecule has 0 aromatic carbocycles. The Hall–Kier alpha value is -1.59. The van der Waals surface area contributed by atoms with Gasteiger partial charge in [0.1, 0.15) is 0 Å². The molecule has 1 aromatic rings. The van der Waals surface area contributed by atoms with Crippen molar-refractivity contribution in [2.24, 2.45) is 0 Å². The zero-order valence-corrected chi connectivity index (χ0v) is 7.65. The van der Waals surface area contributed by atoms with Crippen molar-refractivity contribution in [2.45, 2.75) is 19.9 Å². The maximum Gasteiger partial charge on any atom is 0.362 e. The van der Waals surface area contributed by atoms with Crippen LogP contribution in [-0.2, 0) is 11.3 Å². The van der Waals surface area contributed by atoms with Crippen LogP contribution in [-0.4, -0.2) is 28.1 Å². The Morgan fingerprint density at radius 1 is 1.69 bits per heavy atom. The Kier molecular flexibility index (Phi) is 2.84. The lowest BCUT2D eigenvalue weighted by molar-refractivity contribution is 0.0595. The number of carbonyl (C=O) groups is 1. The molecule has 0 aliphatic rings. The number of nitrogens with zero attached hydrogens (tertiary/aromatic N) is 3. The first-order chi connectivity index (χ1) is 6.20. The van der Waals surface area contributed by atoms with Crippen LogP contribution in [0.5, 0.6) is 0 Å². The highest BCUT2D eigenvalue weighted by atomic mass is 16.5. The van der Waals surface area contributed by atoms with Gasteiger partial charge in [-0.15, -0.1) is 5.10 Å². The zero-order valence-electron chi connectivity index (χ0n) is 7.65. The molecule has 0 saturated heterocycles. The molecule has 0 fully saturated rings. The second kappa shape index (κ2) is 3.88. The van der Waals surface area contributed by atoms with Crippen LogP contribution in [0.1, 0.15) is 23.8 Å². The van der Waals surface area contributed by atoms with Gasteiger partial charge in [0, 0.05) is 6.54 Å². The quantitative estimate of drug-likeness (QED) is 0.671. The van der Waals surface area contributed by atoms with Crippen LogP contribution in [0.2, 0.25) is 0 Å². The number of carbonyl (C=O) groups excluding carboxylic acids is 1. The number of hydrogen-bond acceptors (Lipinski definition) is 5. The molecule has 1 rings (SSSR count). The Bertz CT molecular complexity index is 307. The van der Waals surface area contributed by atoms with Crippen molar-refractivity contribution in [3.05, 3.63) is 5.69 Å². The summed E-state index contributed by atoms with van der Waals surface area (Å²) in [4.78, 5) is 11.0. The Morgan fingerprint density at radius 2 is 2.38 bits per heavy atom. The highest BCUT2D eigenvalue weighted by molar-refractivity contribution is 5.91. The van der Waals surface area contributed by atoms with Crippen LogP contribution in [0, 0.1) is 0 Å². The Morgan fingerprint density at radius 3 is 2.92 bits per heavy atom. The molecule has 1 heterocycles. The number of rotatable bonds is 3. The summed E-state index contributed by atoms with van der Waals surface area (Å²) >= 11 is 0. The smallest absolute Gasteiger partial charge is 0.362 e. The molecule has 0 aliphatic heterocycles. The van der Waals surface area contributed by atoms with Crippen molar-refractivity contribution >= 4 is 11.8 Å². The van der Waals surface area contributed by atoms with Gasteiger partial charge in [0.15, 0.2) is 5.82 Å². The van der Waals surface area contributed by atoms with Crippen molar-refractivity contribution in [3.63, 3.8) is 0 Å². The first-order valence-corrected chi connectivity index (χ1v) is 3.98. The first kappa shape index (κ1) is 9.50. The van der Waals surface area contributed by atoms with E-state index in [1.807, 2.05) is 6.92 Å². The molecule has 0 radical (unpaired) electrons. The molecule has 6 heteroatoms. The van der Waals surface area contributed by atoms with E-state index in [2.05, 4.69) is 15.0 Å². The van der Waals surface area contributed by atoms with Crippen molar-refractivity contribution in [3.8, 4) is 0 Å². The molecule has 0 unspecified atom stereocenters. The summed E-state index contributed by atoms with van der Waals surface area (Å²) in [5, 5.41) is 7.33. The summed E-state index contributed by atoms with van der Waals surface area (Å²) in [5.41, 5.74) is 5.68. The van der Waals surface area contributed by atoms with Gasteiger partial charge in [-0.25, -0.2) is 9.48 Å². The van der Waals surface area contributed by atoms with Crippen molar-refractivity contribution in [2.75, 3.05) is 12.8 Å². The fraction of sp³-hybridized carbons (Fsp3) is 0.571. The molecule has 72 valence electrons. The molecule has 0 aliphatic carbocycles. The average molecular weight is 184 g/mol. The molecule has 0 saturated carbocycles. The van der Waals surface area contributed by atoms with E-state index in [0.29, 0.717) is 6.54 Å². The van der Waals surface area contributed by atoms with E-state index < -0.39 is 5.97 Å². The van der Waals surface area contributed by atoms with Gasteiger partial charge >= 0.3 is 5.97 Å². The highest BCUT2D eigenvalue weighted by Gasteiger charge is 2.16. The van der Waals surface area contributed by atoms with Crippen LogP contribution in [0.4, 0.5) is 5.82 Å². The minimum Gasteiger partial charge on any atom is -0.464 e. The van der Waals surface area contributed by atoms with Crippen LogP contribution in [0.3, 0.4) is 0 Å². The molecule has 0 amide bonds. The second-order valence-corrected chi connectivity index (χ2v) is 2.54. The lowest BCUT2D eigenvalue weighted by atomic mass is 10.4. The molecular formula is C7H12N4O2. The van der Waals surface area contributed by atoms with E-state index in [9.17, 15) is 4.79 Å². The lowest BCUT2D eigenvalue weighted by Crippen LogP contribution is -2.08. The molecule has 0 atom stereocenters. The first-order valence-electron chi connectivity index (χ1n) is 3.98. The standard InChI is InChI=1S/C7H12N4O2/c1-3-4-11-6(8)5(9-10-11)7(12)13-2/h3-4,8H2,1-2H3. The van der Waals surface area contributed by atoms with E-state index >= 15 is 0 Å². The number of ether oxygens (including phenoxy) is 1. The molecular weight excluding hydrogens is 172 g/mol. The van der Waals surface area contributed by atoms with Crippen LogP contribution < -0.4 is 5.73 Å². The van der Waals surface area contributed by atoms with Gasteiger partial charge in [0.25, 0.3) is 0 Å². The van der Waals surface area contributed by atoms with E-state index in [0.717, 1.165) is 6.42 Å². The van der Waals surface area contributed by atoms with E-state index in [4.69, 9.17) is 5.73 Å². The normalized spacial score (nSPS) is 10.0.